The molecule has 0 bridgehead atoms. The molecule has 3 aromatic rings. The van der Waals surface area contributed by atoms with E-state index in [-0.39, 0.29) is 16.4 Å². The average Bonchev–Trinajstić information content (AvgIpc) is 2.79. The van der Waals surface area contributed by atoms with Crippen LogP contribution in [0.2, 0.25) is 0 Å². The Labute approximate surface area is 184 Å². The molecule has 1 heterocycles. The van der Waals surface area contributed by atoms with Gasteiger partial charge in [0, 0.05) is 18.1 Å². The number of amides is 1. The van der Waals surface area contributed by atoms with Crippen molar-refractivity contribution in [1.29, 1.82) is 0 Å². The standard InChI is InChI=1S/C21H20N4O6S/c1-14(31-20(27)15-4-8-17(30-2)9-5-15)19(26)24-16-6-10-18(11-7-16)32(28,29)25-21-22-12-3-13-23-21/h3-14H,1-2H3,(H,24,26)(H,22,23,25)/t14-/m0/s1. The Morgan fingerprint density at radius 3 is 2.19 bits per heavy atom. The van der Waals surface area contributed by atoms with Crippen LogP contribution in [0.25, 0.3) is 0 Å². The summed E-state index contributed by atoms with van der Waals surface area (Å²) in [7, 11) is -2.38. The number of nitrogens with zero attached hydrogens (tertiary/aromatic N) is 2. The fraction of sp³-hybridized carbons (Fsp3) is 0.143. The van der Waals surface area contributed by atoms with Crippen LogP contribution in [0.1, 0.15) is 17.3 Å². The van der Waals surface area contributed by atoms with Gasteiger partial charge in [0.15, 0.2) is 6.10 Å². The predicted molar refractivity (Wildman–Crippen MR) is 116 cm³/mol. The second-order valence-electron chi connectivity index (χ2n) is 6.47. The van der Waals surface area contributed by atoms with Gasteiger partial charge in [-0.2, -0.15) is 0 Å². The Morgan fingerprint density at radius 2 is 1.59 bits per heavy atom. The lowest BCUT2D eigenvalue weighted by molar-refractivity contribution is -0.123. The molecular weight excluding hydrogens is 436 g/mol. The Hall–Kier alpha value is -3.99. The van der Waals surface area contributed by atoms with Crippen LogP contribution in [-0.2, 0) is 19.6 Å². The second kappa shape index (κ2) is 9.88. The Kier molecular flexibility index (Phi) is 7.00. The van der Waals surface area contributed by atoms with E-state index in [4.69, 9.17) is 9.47 Å². The average molecular weight is 456 g/mol. The first-order valence-electron chi connectivity index (χ1n) is 9.34. The van der Waals surface area contributed by atoms with Crippen LogP contribution in [0, 0.1) is 0 Å². The van der Waals surface area contributed by atoms with Gasteiger partial charge in [-0.25, -0.2) is 27.9 Å². The number of aromatic nitrogens is 2. The van der Waals surface area contributed by atoms with E-state index < -0.39 is 28.0 Å². The number of hydrogen-bond donors (Lipinski definition) is 2. The summed E-state index contributed by atoms with van der Waals surface area (Å²) in [4.78, 5) is 32.1. The molecule has 0 saturated heterocycles. The van der Waals surface area contributed by atoms with E-state index in [1.165, 1.54) is 62.8 Å². The first kappa shape index (κ1) is 22.7. The molecule has 2 N–H and O–H groups in total. The molecule has 1 aromatic heterocycles. The van der Waals surface area contributed by atoms with Gasteiger partial charge in [0.05, 0.1) is 17.6 Å². The number of sulfonamides is 1. The second-order valence-corrected chi connectivity index (χ2v) is 8.15. The molecule has 0 unspecified atom stereocenters. The smallest absolute Gasteiger partial charge is 0.338 e. The molecule has 166 valence electrons. The lowest BCUT2D eigenvalue weighted by atomic mass is 10.2. The lowest BCUT2D eigenvalue weighted by Crippen LogP contribution is -2.30. The fourth-order valence-electron chi connectivity index (χ4n) is 2.50. The van der Waals surface area contributed by atoms with Gasteiger partial charge in [-0.05, 0) is 61.5 Å². The Balaban J connectivity index is 1.59. The first-order valence-corrected chi connectivity index (χ1v) is 10.8. The highest BCUT2D eigenvalue weighted by Gasteiger charge is 2.20. The van der Waals surface area contributed by atoms with Crippen LogP contribution in [0.3, 0.4) is 0 Å². The van der Waals surface area contributed by atoms with Crippen LogP contribution in [0.4, 0.5) is 11.6 Å². The quantitative estimate of drug-likeness (QED) is 0.493. The summed E-state index contributed by atoms with van der Waals surface area (Å²) in [6, 6.07) is 13.3. The van der Waals surface area contributed by atoms with Crippen LogP contribution >= 0.6 is 0 Å². The molecule has 0 aliphatic rings. The molecule has 1 atom stereocenters. The van der Waals surface area contributed by atoms with Gasteiger partial charge in [-0.3, -0.25) is 4.79 Å². The topological polar surface area (TPSA) is 137 Å². The van der Waals surface area contributed by atoms with E-state index >= 15 is 0 Å². The van der Waals surface area contributed by atoms with E-state index in [9.17, 15) is 18.0 Å². The highest BCUT2D eigenvalue weighted by atomic mass is 32.2. The Morgan fingerprint density at radius 1 is 0.969 bits per heavy atom. The highest BCUT2D eigenvalue weighted by molar-refractivity contribution is 7.92. The van der Waals surface area contributed by atoms with E-state index in [1.54, 1.807) is 18.2 Å². The summed E-state index contributed by atoms with van der Waals surface area (Å²) in [6.45, 7) is 1.43. The number of benzene rings is 2. The number of ether oxygens (including phenoxy) is 2. The molecule has 11 heteroatoms. The molecule has 0 fully saturated rings. The summed E-state index contributed by atoms with van der Waals surface area (Å²) in [5, 5.41) is 2.57. The van der Waals surface area contributed by atoms with Gasteiger partial charge in [0.2, 0.25) is 5.95 Å². The number of rotatable bonds is 8. The van der Waals surface area contributed by atoms with Crippen molar-refractivity contribution in [3.8, 4) is 5.75 Å². The van der Waals surface area contributed by atoms with E-state index in [2.05, 4.69) is 20.0 Å². The van der Waals surface area contributed by atoms with Crippen molar-refractivity contribution in [2.24, 2.45) is 0 Å². The van der Waals surface area contributed by atoms with Gasteiger partial charge in [0.1, 0.15) is 5.75 Å². The molecular formula is C21H20N4O6S. The third kappa shape index (κ3) is 5.79. The highest BCUT2D eigenvalue weighted by Crippen LogP contribution is 2.17. The van der Waals surface area contributed by atoms with Crippen molar-refractivity contribution < 1.29 is 27.5 Å². The molecule has 0 spiro atoms. The van der Waals surface area contributed by atoms with Crippen LogP contribution in [-0.4, -0.2) is 43.5 Å². The van der Waals surface area contributed by atoms with Gasteiger partial charge >= 0.3 is 5.97 Å². The molecule has 32 heavy (non-hydrogen) atoms. The molecule has 10 nitrogen and oxygen atoms in total. The first-order chi connectivity index (χ1) is 15.3. The largest absolute Gasteiger partial charge is 0.497 e. The van der Waals surface area contributed by atoms with Crippen LogP contribution < -0.4 is 14.8 Å². The van der Waals surface area contributed by atoms with E-state index in [0.29, 0.717) is 11.4 Å². The van der Waals surface area contributed by atoms with Crippen molar-refractivity contribution in [2.45, 2.75) is 17.9 Å². The number of carbonyl (C=O) groups is 2. The molecule has 0 saturated carbocycles. The number of anilines is 2. The number of hydrogen-bond acceptors (Lipinski definition) is 8. The summed E-state index contributed by atoms with van der Waals surface area (Å²) < 4.78 is 37.3. The minimum absolute atomic E-state index is 0.0399. The maximum Gasteiger partial charge on any atom is 0.338 e. The molecule has 0 aliphatic heterocycles. The summed E-state index contributed by atoms with van der Waals surface area (Å²) in [5.74, 6) is -0.703. The van der Waals surface area contributed by atoms with E-state index in [0.717, 1.165) is 0 Å². The van der Waals surface area contributed by atoms with Crippen LogP contribution in [0.5, 0.6) is 5.75 Å². The van der Waals surface area contributed by atoms with Crippen LogP contribution in [0.15, 0.2) is 71.9 Å². The zero-order chi connectivity index (χ0) is 23.1. The van der Waals surface area contributed by atoms with Crippen molar-refractivity contribution >= 4 is 33.5 Å². The van der Waals surface area contributed by atoms with E-state index in [1.807, 2.05) is 0 Å². The maximum atomic E-state index is 12.4. The minimum Gasteiger partial charge on any atom is -0.497 e. The lowest BCUT2D eigenvalue weighted by Gasteiger charge is -2.14. The number of nitrogens with one attached hydrogen (secondary N) is 2. The van der Waals surface area contributed by atoms with Crippen molar-refractivity contribution in [3.63, 3.8) is 0 Å². The fourth-order valence-corrected chi connectivity index (χ4v) is 3.46. The molecule has 3 rings (SSSR count). The third-order valence-electron chi connectivity index (χ3n) is 4.20. The zero-order valence-corrected chi connectivity index (χ0v) is 18.0. The molecule has 2 aromatic carbocycles. The van der Waals surface area contributed by atoms with Crippen molar-refractivity contribution in [1.82, 2.24) is 9.97 Å². The number of esters is 1. The van der Waals surface area contributed by atoms with Gasteiger partial charge in [-0.1, -0.05) is 0 Å². The van der Waals surface area contributed by atoms with Gasteiger partial charge in [-0.15, -0.1) is 0 Å². The summed E-state index contributed by atoms with van der Waals surface area (Å²) in [6.07, 6.45) is 1.74. The molecule has 0 aliphatic carbocycles. The third-order valence-corrected chi connectivity index (χ3v) is 5.55. The van der Waals surface area contributed by atoms with Crippen molar-refractivity contribution in [2.75, 3.05) is 17.1 Å². The monoisotopic (exact) mass is 456 g/mol. The Bertz CT molecular complexity index is 1180. The predicted octanol–water partition coefficient (Wildman–Crippen LogP) is 2.47. The molecule has 1 amide bonds. The molecule has 0 radical (unpaired) electrons. The summed E-state index contributed by atoms with van der Waals surface area (Å²) in [5.41, 5.74) is 0.604. The number of carbonyl (C=O) groups excluding carboxylic acids is 2. The number of methoxy groups -OCH3 is 1. The normalized spacial score (nSPS) is 11.8. The summed E-state index contributed by atoms with van der Waals surface area (Å²) >= 11 is 0. The van der Waals surface area contributed by atoms with Gasteiger partial charge < -0.3 is 14.8 Å². The van der Waals surface area contributed by atoms with Crippen molar-refractivity contribution in [3.05, 3.63) is 72.6 Å². The minimum atomic E-state index is -3.89. The maximum absolute atomic E-state index is 12.4. The van der Waals surface area contributed by atoms with Gasteiger partial charge in [0.25, 0.3) is 15.9 Å². The zero-order valence-electron chi connectivity index (χ0n) is 17.2. The SMILES string of the molecule is COc1ccc(C(=O)O[C@@H](C)C(=O)Nc2ccc(S(=O)(=O)Nc3ncccn3)cc2)cc1.